The molecule has 43 heavy (non-hydrogen) atoms. The van der Waals surface area contributed by atoms with Gasteiger partial charge in [-0.05, 0) is 72.1 Å². The van der Waals surface area contributed by atoms with Crippen molar-refractivity contribution in [3.63, 3.8) is 0 Å². The van der Waals surface area contributed by atoms with E-state index in [1.165, 1.54) is 0 Å². The summed E-state index contributed by atoms with van der Waals surface area (Å²) in [6.45, 7) is 7.65. The Balaban J connectivity index is 1.40. The average molecular weight is 550 g/mol. The van der Waals surface area contributed by atoms with E-state index in [4.69, 9.17) is 16.0 Å². The molecule has 6 heteroatoms. The normalized spacial score (nSPS) is 11.7. The lowest BCUT2D eigenvalue weighted by molar-refractivity contribution is 0.669. The van der Waals surface area contributed by atoms with Crippen molar-refractivity contribution in [1.29, 1.82) is 5.26 Å². The minimum Gasteiger partial charge on any atom is -0.456 e. The third kappa shape index (κ3) is 3.18. The summed E-state index contributed by atoms with van der Waals surface area (Å²) in [5.41, 5.74) is 6.80. The number of rotatable bonds is 2. The molecule has 5 aromatic carbocycles. The average Bonchev–Trinajstić information content (AvgIpc) is 3.71. The summed E-state index contributed by atoms with van der Waals surface area (Å²) in [5, 5.41) is 15.7. The molecule has 0 amide bonds. The Kier molecular flexibility index (Phi) is 4.65. The summed E-state index contributed by atoms with van der Waals surface area (Å²) in [6.07, 6.45) is 0. The van der Waals surface area contributed by atoms with Gasteiger partial charge >= 0.3 is 0 Å². The maximum Gasteiger partial charge on any atom is 0.188 e. The van der Waals surface area contributed by atoms with Crippen LogP contribution in [0.25, 0.3) is 82.0 Å². The Hall–Kier alpha value is -6.37. The third-order valence-electron chi connectivity index (χ3n) is 8.36. The molecule has 0 atom stereocenters. The Morgan fingerprint density at radius 1 is 0.628 bits per heavy atom. The van der Waals surface area contributed by atoms with Crippen LogP contribution in [0.5, 0.6) is 0 Å². The van der Waals surface area contributed by atoms with Gasteiger partial charge in [0.25, 0.3) is 0 Å². The zero-order chi connectivity index (χ0) is 28.7. The van der Waals surface area contributed by atoms with E-state index < -0.39 is 0 Å². The van der Waals surface area contributed by atoms with Gasteiger partial charge in [-0.2, -0.15) is 5.26 Å². The molecule has 9 aromatic rings. The van der Waals surface area contributed by atoms with Crippen molar-refractivity contribution in [3.05, 3.63) is 132 Å². The van der Waals surface area contributed by atoms with E-state index in [2.05, 4.69) is 44.3 Å². The Morgan fingerprint density at radius 2 is 1.35 bits per heavy atom. The number of para-hydroxylation sites is 2. The first kappa shape index (κ1) is 23.3. The number of pyridine rings is 1. The number of furan rings is 1. The summed E-state index contributed by atoms with van der Waals surface area (Å²) in [4.78, 5) is 9.00. The van der Waals surface area contributed by atoms with Crippen LogP contribution in [-0.2, 0) is 0 Å². The molecule has 4 heterocycles. The number of aromatic nitrogens is 3. The second-order valence-corrected chi connectivity index (χ2v) is 10.6. The van der Waals surface area contributed by atoms with Gasteiger partial charge in [0.15, 0.2) is 5.69 Å². The monoisotopic (exact) mass is 549 g/mol. The number of fused-ring (bicyclic) bond motifs is 10. The second-order valence-electron chi connectivity index (χ2n) is 10.6. The maximum atomic E-state index is 9.57. The van der Waals surface area contributed by atoms with Crippen LogP contribution in [0.2, 0.25) is 0 Å². The molecule has 0 fully saturated rings. The molecule has 0 bridgehead atoms. The van der Waals surface area contributed by atoms with Crippen molar-refractivity contribution in [1.82, 2.24) is 14.1 Å². The first-order valence-electron chi connectivity index (χ1n) is 13.9. The van der Waals surface area contributed by atoms with Gasteiger partial charge in [-0.1, -0.05) is 48.5 Å². The van der Waals surface area contributed by atoms with Crippen molar-refractivity contribution in [2.45, 2.75) is 0 Å². The van der Waals surface area contributed by atoms with Gasteiger partial charge < -0.3 is 4.42 Å². The zero-order valence-electron chi connectivity index (χ0n) is 22.6. The van der Waals surface area contributed by atoms with Gasteiger partial charge in [0.2, 0.25) is 0 Å². The van der Waals surface area contributed by atoms with Gasteiger partial charge in [-0.15, -0.1) is 0 Å². The molecular weight excluding hydrogens is 530 g/mol. The standard InChI is InChI=1S/C37H19N5O/c1-39-23-14-17-31-28(20-23)25-15-18-33-36(26-8-3-5-10-32(26)43-33)37(25)42(31)35-12-6-11-34(40-35)41-29-9-4-2-7-24(29)27-19-22(21-38)13-16-30(27)41/h2-20H. The first-order chi connectivity index (χ1) is 21.2. The SMILES string of the molecule is [C-]#[N+]c1ccc2c(c1)c1ccc3oc4ccccc4c3c1n2-c1cccc(-n2c3ccccc3c3cc(C#N)ccc32)n1. The largest absolute Gasteiger partial charge is 0.456 e. The van der Waals surface area contributed by atoms with E-state index >= 15 is 0 Å². The van der Waals surface area contributed by atoms with Crippen LogP contribution in [0, 0.1) is 17.9 Å². The van der Waals surface area contributed by atoms with Gasteiger partial charge in [0.1, 0.15) is 22.8 Å². The molecule has 0 saturated carbocycles. The van der Waals surface area contributed by atoms with E-state index in [-0.39, 0.29) is 0 Å². The quantitative estimate of drug-likeness (QED) is 0.202. The Bertz CT molecular complexity index is 2710. The fraction of sp³-hybridized carbons (Fsp3) is 0. The molecule has 0 spiro atoms. The number of hydrogen-bond acceptors (Lipinski definition) is 3. The summed E-state index contributed by atoms with van der Waals surface area (Å²) in [5.74, 6) is 1.52. The predicted molar refractivity (Wildman–Crippen MR) is 171 cm³/mol. The molecular formula is C37H19N5O. The summed E-state index contributed by atoms with van der Waals surface area (Å²) in [7, 11) is 0. The molecule has 0 aliphatic carbocycles. The molecule has 0 unspecified atom stereocenters. The number of nitriles is 1. The van der Waals surface area contributed by atoms with Gasteiger partial charge in [-0.25, -0.2) is 9.83 Å². The highest BCUT2D eigenvalue weighted by Crippen LogP contribution is 2.41. The minimum absolute atomic E-state index is 0.590. The van der Waals surface area contributed by atoms with Crippen LogP contribution < -0.4 is 0 Å². The molecule has 0 N–H and O–H groups in total. The molecule has 198 valence electrons. The van der Waals surface area contributed by atoms with Crippen molar-refractivity contribution >= 4 is 71.2 Å². The maximum absolute atomic E-state index is 9.57. The summed E-state index contributed by atoms with van der Waals surface area (Å²) >= 11 is 0. The van der Waals surface area contributed by atoms with Gasteiger partial charge in [0.05, 0.1) is 45.7 Å². The number of nitrogens with zero attached hydrogens (tertiary/aromatic N) is 5. The topological polar surface area (TPSA) is 64.0 Å². The molecule has 0 aliphatic rings. The molecule has 9 rings (SSSR count). The van der Waals surface area contributed by atoms with E-state index in [0.29, 0.717) is 11.3 Å². The fourth-order valence-electron chi connectivity index (χ4n) is 6.56. The van der Waals surface area contributed by atoms with E-state index in [1.54, 1.807) is 0 Å². The summed E-state index contributed by atoms with van der Waals surface area (Å²) in [6, 6.07) is 40.4. The third-order valence-corrected chi connectivity index (χ3v) is 8.36. The van der Waals surface area contributed by atoms with Crippen molar-refractivity contribution in [2.75, 3.05) is 0 Å². The zero-order valence-corrected chi connectivity index (χ0v) is 22.6. The highest BCUT2D eigenvalue weighted by molar-refractivity contribution is 6.24. The van der Waals surface area contributed by atoms with E-state index in [1.807, 2.05) is 91.0 Å². The molecule has 4 aromatic heterocycles. The first-order valence-corrected chi connectivity index (χ1v) is 13.9. The molecule has 6 nitrogen and oxygen atoms in total. The van der Waals surface area contributed by atoms with E-state index in [0.717, 1.165) is 77.2 Å². The number of hydrogen-bond donors (Lipinski definition) is 0. The minimum atomic E-state index is 0.590. The van der Waals surface area contributed by atoms with Gasteiger partial charge in [-0.3, -0.25) is 9.13 Å². The van der Waals surface area contributed by atoms with Crippen LogP contribution >= 0.6 is 0 Å². The second kappa shape index (κ2) is 8.57. The van der Waals surface area contributed by atoms with Crippen molar-refractivity contribution < 1.29 is 4.42 Å². The molecule has 0 radical (unpaired) electrons. The number of benzene rings is 5. The lowest BCUT2D eigenvalue weighted by atomic mass is 10.1. The van der Waals surface area contributed by atoms with Crippen LogP contribution in [0.3, 0.4) is 0 Å². The fourth-order valence-corrected chi connectivity index (χ4v) is 6.56. The van der Waals surface area contributed by atoms with E-state index in [9.17, 15) is 5.26 Å². The Morgan fingerprint density at radius 3 is 2.21 bits per heavy atom. The van der Waals surface area contributed by atoms with Crippen LogP contribution in [0.4, 0.5) is 5.69 Å². The van der Waals surface area contributed by atoms with Crippen LogP contribution in [-0.4, -0.2) is 14.1 Å². The van der Waals surface area contributed by atoms with Crippen molar-refractivity contribution in [3.8, 4) is 17.7 Å². The van der Waals surface area contributed by atoms with Crippen molar-refractivity contribution in [2.24, 2.45) is 0 Å². The molecule has 0 saturated heterocycles. The smallest absolute Gasteiger partial charge is 0.188 e. The van der Waals surface area contributed by atoms with Crippen LogP contribution in [0.1, 0.15) is 5.56 Å². The summed E-state index contributed by atoms with van der Waals surface area (Å²) < 4.78 is 10.6. The lowest BCUT2D eigenvalue weighted by Crippen LogP contribution is -2.03. The van der Waals surface area contributed by atoms with Crippen LogP contribution in [0.15, 0.2) is 120 Å². The highest BCUT2D eigenvalue weighted by atomic mass is 16.3. The highest BCUT2D eigenvalue weighted by Gasteiger charge is 2.21. The van der Waals surface area contributed by atoms with Gasteiger partial charge in [0, 0.05) is 21.5 Å². The lowest BCUT2D eigenvalue weighted by Gasteiger charge is -2.12. The molecule has 0 aliphatic heterocycles. The Labute approximate surface area is 244 Å². The predicted octanol–water partition coefficient (Wildman–Crippen LogP) is 9.60.